The number of ketones is 1. The summed E-state index contributed by atoms with van der Waals surface area (Å²) in [4.78, 5) is 15.5. The van der Waals surface area contributed by atoms with Crippen LogP contribution in [0.5, 0.6) is 0 Å². The van der Waals surface area contributed by atoms with Crippen molar-refractivity contribution in [3.63, 3.8) is 0 Å². The predicted octanol–water partition coefficient (Wildman–Crippen LogP) is 3.30. The average Bonchev–Trinajstić information content (AvgIpc) is 2.29. The van der Waals surface area contributed by atoms with Crippen LogP contribution < -0.4 is 0 Å². The third kappa shape index (κ3) is 3.11. The molecule has 0 amide bonds. The second kappa shape index (κ2) is 5.06. The Balaban J connectivity index is 2.14. The molecule has 0 bridgehead atoms. The summed E-state index contributed by atoms with van der Waals surface area (Å²) in [7, 11) is 0. The van der Waals surface area contributed by atoms with E-state index in [-0.39, 0.29) is 17.9 Å². The normalized spacial score (nSPS) is 10.2. The zero-order chi connectivity index (χ0) is 12.3. The number of carbonyl (C=O) groups is 1. The summed E-state index contributed by atoms with van der Waals surface area (Å²) in [5.74, 6) is -0.614. The molecule has 0 unspecified atom stereocenters. The van der Waals surface area contributed by atoms with Crippen molar-refractivity contribution in [1.29, 1.82) is 0 Å². The van der Waals surface area contributed by atoms with Gasteiger partial charge in [0.15, 0.2) is 5.78 Å². The monoisotopic (exact) mass is 249 g/mol. The van der Waals surface area contributed by atoms with Gasteiger partial charge in [-0.2, -0.15) is 0 Å². The molecular weight excluding hydrogens is 241 g/mol. The van der Waals surface area contributed by atoms with E-state index in [1.54, 1.807) is 18.2 Å². The molecule has 1 heterocycles. The van der Waals surface area contributed by atoms with Crippen LogP contribution in [0.15, 0.2) is 42.6 Å². The molecular formula is C13H9ClFNO. The molecule has 1 aromatic carbocycles. The molecule has 17 heavy (non-hydrogen) atoms. The molecule has 0 atom stereocenters. The Hall–Kier alpha value is -1.74. The summed E-state index contributed by atoms with van der Waals surface area (Å²) in [6, 6.07) is 9.66. The van der Waals surface area contributed by atoms with Crippen molar-refractivity contribution in [2.75, 3.05) is 0 Å². The molecule has 0 saturated heterocycles. The number of rotatable bonds is 3. The Morgan fingerprint density at radius 2 is 2.12 bits per heavy atom. The highest BCUT2D eigenvalue weighted by Crippen LogP contribution is 2.12. The molecule has 0 spiro atoms. The molecule has 0 aliphatic rings. The number of aromatic nitrogens is 1. The van der Waals surface area contributed by atoms with Crippen molar-refractivity contribution in [2.45, 2.75) is 6.42 Å². The second-order valence-corrected chi connectivity index (χ2v) is 4.03. The maximum absolute atomic E-state index is 12.6. The molecule has 0 fully saturated rings. The Kier molecular flexibility index (Phi) is 3.49. The van der Waals surface area contributed by atoms with Crippen molar-refractivity contribution in [3.8, 4) is 0 Å². The minimum absolute atomic E-state index is 0.160. The lowest BCUT2D eigenvalue weighted by Gasteiger charge is -2.01. The predicted molar refractivity (Wildman–Crippen MR) is 63.7 cm³/mol. The Bertz CT molecular complexity index is 539. The van der Waals surface area contributed by atoms with Gasteiger partial charge >= 0.3 is 0 Å². The number of hydrogen-bond acceptors (Lipinski definition) is 2. The highest BCUT2D eigenvalue weighted by atomic mass is 35.5. The molecule has 0 aliphatic carbocycles. The van der Waals surface area contributed by atoms with E-state index >= 15 is 0 Å². The van der Waals surface area contributed by atoms with Crippen molar-refractivity contribution in [3.05, 3.63) is 64.7 Å². The van der Waals surface area contributed by atoms with Gasteiger partial charge in [0.05, 0.1) is 6.20 Å². The number of hydrogen-bond donors (Lipinski definition) is 0. The SMILES string of the molecule is O=C(Cc1cccc(Cl)c1)c1ccc(F)cn1. The molecule has 0 aliphatic heterocycles. The maximum atomic E-state index is 12.6. The summed E-state index contributed by atoms with van der Waals surface area (Å²) in [5.41, 5.74) is 1.07. The molecule has 0 radical (unpaired) electrons. The Morgan fingerprint density at radius 1 is 1.29 bits per heavy atom. The van der Waals surface area contributed by atoms with E-state index in [0.717, 1.165) is 11.8 Å². The maximum Gasteiger partial charge on any atom is 0.185 e. The zero-order valence-electron chi connectivity index (χ0n) is 8.86. The van der Waals surface area contributed by atoms with Crippen LogP contribution in [0.1, 0.15) is 16.1 Å². The molecule has 0 saturated carbocycles. The van der Waals surface area contributed by atoms with Gasteiger partial charge in [0.2, 0.25) is 0 Å². The first-order valence-corrected chi connectivity index (χ1v) is 5.42. The van der Waals surface area contributed by atoms with E-state index in [1.807, 2.05) is 6.07 Å². The number of nitrogens with zero attached hydrogens (tertiary/aromatic N) is 1. The van der Waals surface area contributed by atoms with Gasteiger partial charge in [0.1, 0.15) is 11.5 Å². The summed E-state index contributed by atoms with van der Waals surface area (Å²) < 4.78 is 12.6. The molecule has 86 valence electrons. The smallest absolute Gasteiger partial charge is 0.185 e. The standard InChI is InChI=1S/C13H9ClFNO/c14-10-3-1-2-9(6-10)7-13(17)12-5-4-11(15)8-16-12/h1-6,8H,7H2. The Morgan fingerprint density at radius 3 is 2.76 bits per heavy atom. The average molecular weight is 250 g/mol. The van der Waals surface area contributed by atoms with Gasteiger partial charge in [-0.05, 0) is 29.8 Å². The molecule has 0 N–H and O–H groups in total. The van der Waals surface area contributed by atoms with E-state index in [0.29, 0.717) is 5.02 Å². The second-order valence-electron chi connectivity index (χ2n) is 3.59. The summed E-state index contributed by atoms with van der Waals surface area (Å²) in [6.07, 6.45) is 1.24. The van der Waals surface area contributed by atoms with Crippen molar-refractivity contribution in [2.24, 2.45) is 0 Å². The van der Waals surface area contributed by atoms with Crippen molar-refractivity contribution < 1.29 is 9.18 Å². The van der Waals surface area contributed by atoms with Crippen molar-refractivity contribution >= 4 is 17.4 Å². The highest BCUT2D eigenvalue weighted by molar-refractivity contribution is 6.30. The summed E-state index contributed by atoms with van der Waals surface area (Å²) in [6.45, 7) is 0. The summed E-state index contributed by atoms with van der Waals surface area (Å²) >= 11 is 5.82. The fourth-order valence-corrected chi connectivity index (χ4v) is 1.68. The van der Waals surface area contributed by atoms with Crippen LogP contribution in [-0.2, 0) is 6.42 Å². The van der Waals surface area contributed by atoms with Crippen LogP contribution >= 0.6 is 11.6 Å². The number of pyridine rings is 1. The molecule has 2 aromatic rings. The van der Waals surface area contributed by atoms with Crippen molar-refractivity contribution in [1.82, 2.24) is 4.98 Å². The highest BCUT2D eigenvalue weighted by Gasteiger charge is 2.08. The van der Waals surface area contributed by atoms with E-state index in [2.05, 4.69) is 4.98 Å². The fourth-order valence-electron chi connectivity index (χ4n) is 1.46. The van der Waals surface area contributed by atoms with Gasteiger partial charge in [-0.1, -0.05) is 23.7 Å². The lowest BCUT2D eigenvalue weighted by Crippen LogP contribution is -2.05. The molecule has 2 rings (SSSR count). The number of Topliss-reactive ketones (excluding diaryl/α,β-unsaturated/α-hetero) is 1. The van der Waals surface area contributed by atoms with Gasteiger partial charge in [0.25, 0.3) is 0 Å². The fraction of sp³-hybridized carbons (Fsp3) is 0.0769. The van der Waals surface area contributed by atoms with Gasteiger partial charge in [-0.25, -0.2) is 4.39 Å². The lowest BCUT2D eigenvalue weighted by molar-refractivity contribution is 0.0988. The molecule has 2 nitrogen and oxygen atoms in total. The quantitative estimate of drug-likeness (QED) is 0.782. The van der Waals surface area contributed by atoms with E-state index < -0.39 is 5.82 Å². The van der Waals surface area contributed by atoms with Gasteiger partial charge in [-0.15, -0.1) is 0 Å². The van der Waals surface area contributed by atoms with Crippen LogP contribution in [0.3, 0.4) is 0 Å². The first kappa shape index (κ1) is 11.7. The number of halogens is 2. The van der Waals surface area contributed by atoms with E-state index in [4.69, 9.17) is 11.6 Å². The first-order valence-electron chi connectivity index (χ1n) is 5.04. The minimum Gasteiger partial charge on any atom is -0.292 e. The number of carbonyl (C=O) groups excluding carboxylic acids is 1. The van der Waals surface area contributed by atoms with Gasteiger partial charge < -0.3 is 0 Å². The zero-order valence-corrected chi connectivity index (χ0v) is 9.62. The summed E-state index contributed by atoms with van der Waals surface area (Å²) in [5, 5.41) is 0.586. The van der Waals surface area contributed by atoms with Crippen LogP contribution in [-0.4, -0.2) is 10.8 Å². The lowest BCUT2D eigenvalue weighted by atomic mass is 10.1. The minimum atomic E-state index is -0.454. The first-order chi connectivity index (χ1) is 8.15. The topological polar surface area (TPSA) is 30.0 Å². The van der Waals surface area contributed by atoms with E-state index in [9.17, 15) is 9.18 Å². The third-order valence-corrected chi connectivity index (χ3v) is 2.50. The molecule has 1 aromatic heterocycles. The third-order valence-electron chi connectivity index (χ3n) is 2.27. The Labute approximate surface area is 103 Å². The van der Waals surface area contributed by atoms with Crippen LogP contribution in [0.4, 0.5) is 4.39 Å². The van der Waals surface area contributed by atoms with E-state index in [1.165, 1.54) is 12.1 Å². The van der Waals surface area contributed by atoms with Gasteiger partial charge in [0, 0.05) is 11.4 Å². The molecule has 4 heteroatoms. The van der Waals surface area contributed by atoms with Crippen LogP contribution in [0.25, 0.3) is 0 Å². The largest absolute Gasteiger partial charge is 0.292 e. The van der Waals surface area contributed by atoms with Gasteiger partial charge in [-0.3, -0.25) is 9.78 Å². The van der Waals surface area contributed by atoms with Crippen LogP contribution in [0, 0.1) is 5.82 Å². The van der Waals surface area contributed by atoms with Crippen LogP contribution in [0.2, 0.25) is 5.02 Å². The number of benzene rings is 1.